The van der Waals surface area contributed by atoms with Crippen LogP contribution in [0.2, 0.25) is 10.0 Å². The number of carbonyl (C=O) groups is 4. The van der Waals surface area contributed by atoms with E-state index in [0.717, 1.165) is 5.56 Å². The van der Waals surface area contributed by atoms with Gasteiger partial charge in [0.05, 0.1) is 13.5 Å². The van der Waals surface area contributed by atoms with Gasteiger partial charge in [-0.25, -0.2) is 4.79 Å². The zero-order valence-electron chi connectivity index (χ0n) is 23.2. The molecular formula is C30H34Cl2N2O7. The Morgan fingerprint density at radius 2 is 1.76 bits per heavy atom. The third-order valence-electron chi connectivity index (χ3n) is 6.27. The number of nitrogens with one attached hydrogen (secondary N) is 2. The molecule has 0 unspecified atom stereocenters. The van der Waals surface area contributed by atoms with Crippen molar-refractivity contribution in [3.8, 4) is 5.75 Å². The molecule has 0 saturated heterocycles. The number of ether oxygens (including phenoxy) is 3. The van der Waals surface area contributed by atoms with E-state index >= 15 is 0 Å². The van der Waals surface area contributed by atoms with Crippen LogP contribution in [0.1, 0.15) is 50.3 Å². The van der Waals surface area contributed by atoms with Crippen molar-refractivity contribution in [1.29, 1.82) is 0 Å². The largest absolute Gasteiger partial charge is 0.497 e. The number of benzene rings is 2. The van der Waals surface area contributed by atoms with E-state index in [2.05, 4.69) is 10.6 Å². The third kappa shape index (κ3) is 10.1. The molecule has 2 N–H and O–H groups in total. The van der Waals surface area contributed by atoms with Gasteiger partial charge in [-0.1, -0.05) is 61.3 Å². The lowest BCUT2D eigenvalue weighted by atomic mass is 10.0. The third-order valence-corrected chi connectivity index (χ3v) is 6.83. The number of esters is 2. The van der Waals surface area contributed by atoms with Crippen LogP contribution in [0.5, 0.6) is 5.75 Å². The second-order valence-electron chi connectivity index (χ2n) is 9.99. The minimum atomic E-state index is -1.16. The van der Waals surface area contributed by atoms with Crippen molar-refractivity contribution in [3.05, 3.63) is 75.8 Å². The van der Waals surface area contributed by atoms with E-state index < -0.39 is 42.0 Å². The number of halogens is 2. The predicted octanol–water partition coefficient (Wildman–Crippen LogP) is 4.74. The summed E-state index contributed by atoms with van der Waals surface area (Å²) in [4.78, 5) is 51.7. The van der Waals surface area contributed by atoms with Gasteiger partial charge < -0.3 is 24.8 Å². The van der Waals surface area contributed by atoms with Gasteiger partial charge in [-0.05, 0) is 48.2 Å². The summed E-state index contributed by atoms with van der Waals surface area (Å²) in [5.74, 6) is -1.71. The first-order valence-corrected chi connectivity index (χ1v) is 14.0. The lowest BCUT2D eigenvalue weighted by Crippen LogP contribution is -2.48. The van der Waals surface area contributed by atoms with Gasteiger partial charge in [0.15, 0.2) is 6.10 Å². The fraction of sp³-hybridized carbons (Fsp3) is 0.400. The minimum absolute atomic E-state index is 0.0190. The van der Waals surface area contributed by atoms with Crippen LogP contribution >= 0.6 is 23.2 Å². The summed E-state index contributed by atoms with van der Waals surface area (Å²) in [6.07, 6.45) is 1.09. The number of carbonyl (C=O) groups excluding carboxylic acids is 4. The lowest BCUT2D eigenvalue weighted by molar-refractivity contribution is -0.173. The van der Waals surface area contributed by atoms with Crippen LogP contribution in [-0.2, 0) is 35.1 Å². The molecule has 1 heterocycles. The van der Waals surface area contributed by atoms with E-state index in [0.29, 0.717) is 16.3 Å². The first-order chi connectivity index (χ1) is 19.5. The summed E-state index contributed by atoms with van der Waals surface area (Å²) < 4.78 is 16.5. The monoisotopic (exact) mass is 604 g/mol. The number of amides is 2. The molecule has 1 aliphatic rings. The van der Waals surface area contributed by atoms with Crippen molar-refractivity contribution in [1.82, 2.24) is 10.6 Å². The van der Waals surface area contributed by atoms with Gasteiger partial charge in [0.1, 0.15) is 17.9 Å². The molecule has 2 aromatic carbocycles. The van der Waals surface area contributed by atoms with Crippen LogP contribution in [0.4, 0.5) is 0 Å². The number of hydrogen-bond donors (Lipinski definition) is 2. The van der Waals surface area contributed by atoms with E-state index in [9.17, 15) is 19.2 Å². The van der Waals surface area contributed by atoms with Gasteiger partial charge >= 0.3 is 11.9 Å². The summed E-state index contributed by atoms with van der Waals surface area (Å²) in [7, 11) is 1.55. The quantitative estimate of drug-likeness (QED) is 0.457. The molecule has 0 fully saturated rings. The Balaban J connectivity index is 1.89. The van der Waals surface area contributed by atoms with Crippen LogP contribution in [0, 0.1) is 5.92 Å². The van der Waals surface area contributed by atoms with Crippen LogP contribution in [0.3, 0.4) is 0 Å². The highest BCUT2D eigenvalue weighted by atomic mass is 35.5. The van der Waals surface area contributed by atoms with Crippen molar-refractivity contribution in [3.63, 3.8) is 0 Å². The number of hydrogen-bond acceptors (Lipinski definition) is 7. The minimum Gasteiger partial charge on any atom is -0.497 e. The van der Waals surface area contributed by atoms with Crippen molar-refractivity contribution in [2.45, 2.75) is 57.8 Å². The molecule has 3 rings (SSSR count). The molecule has 220 valence electrons. The highest BCUT2D eigenvalue weighted by Crippen LogP contribution is 2.32. The van der Waals surface area contributed by atoms with Crippen LogP contribution in [0.15, 0.2) is 54.6 Å². The average molecular weight is 606 g/mol. The van der Waals surface area contributed by atoms with Crippen molar-refractivity contribution < 1.29 is 33.4 Å². The number of cyclic esters (lactones) is 2. The van der Waals surface area contributed by atoms with Gasteiger partial charge in [-0.15, -0.1) is 0 Å². The highest BCUT2D eigenvalue weighted by molar-refractivity contribution is 6.35. The molecule has 0 aromatic heterocycles. The first-order valence-electron chi connectivity index (χ1n) is 13.3. The molecule has 0 saturated carbocycles. The van der Waals surface area contributed by atoms with Crippen LogP contribution in [-0.4, -0.2) is 49.6 Å². The number of rotatable bonds is 6. The summed E-state index contributed by atoms with van der Waals surface area (Å²) in [5.41, 5.74) is 1.27. The van der Waals surface area contributed by atoms with E-state index in [-0.39, 0.29) is 43.2 Å². The van der Waals surface area contributed by atoms with E-state index in [1.54, 1.807) is 43.5 Å². The highest BCUT2D eigenvalue weighted by Gasteiger charge is 2.30. The van der Waals surface area contributed by atoms with Gasteiger partial charge in [0.2, 0.25) is 11.8 Å². The molecule has 41 heavy (non-hydrogen) atoms. The SMILES string of the molecule is COc1ccc(C[C@H]2NC(=O)/C=C/C[C@@H](c3ccc(Cl)cc3Cl)OC(=O)[C@H](CC(C)C)OC(=O)CCNC2=O)cc1. The molecule has 2 aromatic rings. The molecule has 9 nitrogen and oxygen atoms in total. The van der Waals surface area contributed by atoms with Gasteiger partial charge in [0.25, 0.3) is 0 Å². The lowest BCUT2D eigenvalue weighted by Gasteiger charge is -2.24. The summed E-state index contributed by atoms with van der Waals surface area (Å²) >= 11 is 12.5. The zero-order valence-corrected chi connectivity index (χ0v) is 24.7. The summed E-state index contributed by atoms with van der Waals surface area (Å²) in [5, 5.41) is 6.06. The molecule has 11 heteroatoms. The topological polar surface area (TPSA) is 120 Å². The van der Waals surface area contributed by atoms with Crippen molar-refractivity contribution in [2.75, 3.05) is 13.7 Å². The zero-order chi connectivity index (χ0) is 29.9. The normalized spacial score (nSPS) is 21.9. The first kappa shape index (κ1) is 32.0. The molecule has 0 spiro atoms. The Morgan fingerprint density at radius 3 is 2.41 bits per heavy atom. The molecule has 0 bridgehead atoms. The Hall–Kier alpha value is -3.56. The Bertz CT molecular complexity index is 1260. The van der Waals surface area contributed by atoms with Crippen molar-refractivity contribution >= 4 is 47.0 Å². The number of methoxy groups -OCH3 is 1. The van der Waals surface area contributed by atoms with Crippen molar-refractivity contribution in [2.24, 2.45) is 5.92 Å². The van der Waals surface area contributed by atoms with Gasteiger partial charge in [0, 0.05) is 35.0 Å². The fourth-order valence-electron chi connectivity index (χ4n) is 4.19. The van der Waals surface area contributed by atoms with Gasteiger partial charge in [-0.2, -0.15) is 0 Å². The Morgan fingerprint density at radius 1 is 1.02 bits per heavy atom. The van der Waals surface area contributed by atoms with Crippen LogP contribution < -0.4 is 15.4 Å². The molecule has 2 amide bonds. The fourth-order valence-corrected chi connectivity index (χ4v) is 4.72. The molecular weight excluding hydrogens is 571 g/mol. The smallest absolute Gasteiger partial charge is 0.348 e. The standard InChI is InChI=1S/C30H34Cl2N2O7/c1-18(2)15-26-30(38)41-25(22-12-9-20(31)17-23(22)32)5-4-6-27(35)34-24(29(37)33-14-13-28(36)40-26)16-19-7-10-21(39-3)11-8-19/h4,6-12,17-18,24-26H,5,13-16H2,1-3H3,(H,33,37)(H,34,35)/b6-4+/t24-,25+,26+/m1/s1. The maximum Gasteiger partial charge on any atom is 0.348 e. The average Bonchev–Trinajstić information content (AvgIpc) is 2.91. The molecule has 0 radical (unpaired) electrons. The van der Waals surface area contributed by atoms with E-state index in [4.69, 9.17) is 37.4 Å². The summed E-state index contributed by atoms with van der Waals surface area (Å²) in [6, 6.07) is 11.0. The maximum atomic E-state index is 13.2. The maximum absolute atomic E-state index is 13.2. The molecule has 1 aliphatic heterocycles. The Labute approximate surface area is 249 Å². The molecule has 3 atom stereocenters. The summed E-state index contributed by atoms with van der Waals surface area (Å²) in [6.45, 7) is 3.73. The second kappa shape index (κ2) is 15.4. The van der Waals surface area contributed by atoms with Crippen LogP contribution in [0.25, 0.3) is 0 Å². The van der Waals surface area contributed by atoms with E-state index in [1.165, 1.54) is 18.2 Å². The molecule has 0 aliphatic carbocycles. The van der Waals surface area contributed by atoms with E-state index in [1.807, 2.05) is 13.8 Å². The Kier molecular flexibility index (Phi) is 12.0. The second-order valence-corrected chi connectivity index (χ2v) is 10.8. The van der Waals surface area contributed by atoms with Gasteiger partial charge in [-0.3, -0.25) is 14.4 Å². The predicted molar refractivity (Wildman–Crippen MR) is 155 cm³/mol.